The molecule has 6 rings (SSSR count). The summed E-state index contributed by atoms with van der Waals surface area (Å²) in [5.41, 5.74) is 7.08. The summed E-state index contributed by atoms with van der Waals surface area (Å²) in [5, 5.41) is 4.34. The number of allylic oxidation sites excluding steroid dienone is 2. The van der Waals surface area contributed by atoms with Gasteiger partial charge in [-0.2, -0.15) is 4.98 Å². The number of nitrogens with one attached hydrogen (secondary N) is 1. The number of hydrogen-bond donors (Lipinski definition) is 1. The van der Waals surface area contributed by atoms with E-state index in [-0.39, 0.29) is 0 Å². The second kappa shape index (κ2) is 8.43. The normalized spacial score (nSPS) is 20.0. The van der Waals surface area contributed by atoms with Crippen LogP contribution in [0, 0.1) is 12.3 Å². The monoisotopic (exact) mass is 435 g/mol. The third-order valence-electron chi connectivity index (χ3n) is 6.98. The molecule has 1 aromatic carbocycles. The van der Waals surface area contributed by atoms with Gasteiger partial charge in [-0.25, -0.2) is 15.0 Å². The van der Waals surface area contributed by atoms with Crippen molar-refractivity contribution in [3.05, 3.63) is 79.0 Å². The highest BCUT2D eigenvalue weighted by Crippen LogP contribution is 2.43. The molecule has 6 nitrogen and oxygen atoms in total. The molecule has 4 aromatic rings. The summed E-state index contributed by atoms with van der Waals surface area (Å²) in [6.07, 6.45) is 19.6. The highest BCUT2D eigenvalue weighted by Gasteiger charge is 2.29. The van der Waals surface area contributed by atoms with Gasteiger partial charge in [0.1, 0.15) is 12.0 Å². The predicted octanol–water partition coefficient (Wildman–Crippen LogP) is 6.07. The first kappa shape index (κ1) is 20.1. The second-order valence-corrected chi connectivity index (χ2v) is 9.02. The van der Waals surface area contributed by atoms with Gasteiger partial charge < -0.3 is 9.88 Å². The van der Waals surface area contributed by atoms with Gasteiger partial charge in [0.25, 0.3) is 0 Å². The standard InChI is InChI=1S/C27H27N6/c1-2-18-3-5-21(6-4-18)25-16-33(23-11-9-20(10-12-23)19-7-8-19)26-24(25)15-30-27(32-26)31-22-13-28-17-29-14-22/h3-8,13-17,20,23H,2,9-12H2,1H3,(H,30,31,32). The van der Waals surface area contributed by atoms with Crippen molar-refractivity contribution in [2.45, 2.75) is 45.1 Å². The fraction of sp³-hybridized carbons (Fsp3) is 0.296. The van der Waals surface area contributed by atoms with E-state index in [0.29, 0.717) is 12.0 Å². The van der Waals surface area contributed by atoms with Crippen LogP contribution in [0.4, 0.5) is 11.6 Å². The van der Waals surface area contributed by atoms with Crippen molar-refractivity contribution >= 4 is 22.7 Å². The minimum Gasteiger partial charge on any atom is -0.329 e. The lowest BCUT2D eigenvalue weighted by Crippen LogP contribution is -2.17. The van der Waals surface area contributed by atoms with Crippen molar-refractivity contribution in [2.24, 2.45) is 5.92 Å². The number of fused-ring (bicyclic) bond motifs is 1. The van der Waals surface area contributed by atoms with E-state index in [1.54, 1.807) is 18.0 Å². The Morgan fingerprint density at radius 3 is 2.45 bits per heavy atom. The highest BCUT2D eigenvalue weighted by atomic mass is 15.2. The lowest BCUT2D eigenvalue weighted by Gasteiger charge is -2.29. The molecule has 0 atom stereocenters. The molecule has 0 amide bonds. The van der Waals surface area contributed by atoms with Gasteiger partial charge in [-0.05, 0) is 49.1 Å². The fourth-order valence-corrected chi connectivity index (χ4v) is 5.02. The van der Waals surface area contributed by atoms with Crippen LogP contribution in [0.3, 0.4) is 0 Å². The zero-order valence-corrected chi connectivity index (χ0v) is 18.8. The van der Waals surface area contributed by atoms with E-state index >= 15 is 0 Å². The van der Waals surface area contributed by atoms with Crippen LogP contribution in [0.2, 0.25) is 0 Å². The Kier molecular flexibility index (Phi) is 5.13. The summed E-state index contributed by atoms with van der Waals surface area (Å²) >= 11 is 0. The second-order valence-electron chi connectivity index (χ2n) is 9.02. The first-order valence-electron chi connectivity index (χ1n) is 11.8. The van der Waals surface area contributed by atoms with Crippen LogP contribution in [0.1, 0.15) is 44.2 Å². The van der Waals surface area contributed by atoms with Crippen molar-refractivity contribution in [1.29, 1.82) is 0 Å². The van der Waals surface area contributed by atoms with E-state index in [2.05, 4.69) is 74.7 Å². The zero-order chi connectivity index (χ0) is 22.2. The molecule has 0 saturated heterocycles. The van der Waals surface area contributed by atoms with Crippen molar-refractivity contribution in [2.75, 3.05) is 5.32 Å². The lowest BCUT2D eigenvalue weighted by molar-refractivity contribution is 0.310. The molecule has 6 heteroatoms. The van der Waals surface area contributed by atoms with Gasteiger partial charge in [0.2, 0.25) is 5.95 Å². The third-order valence-corrected chi connectivity index (χ3v) is 6.98. The maximum absolute atomic E-state index is 4.96. The van der Waals surface area contributed by atoms with Crippen LogP contribution in [0.25, 0.3) is 22.2 Å². The van der Waals surface area contributed by atoms with Gasteiger partial charge in [-0.15, -0.1) is 0 Å². The number of anilines is 2. The Hall–Kier alpha value is -3.54. The number of aromatic nitrogens is 5. The maximum atomic E-state index is 4.96. The summed E-state index contributed by atoms with van der Waals surface area (Å²) in [4.78, 5) is 17.7. The van der Waals surface area contributed by atoms with Crippen LogP contribution in [0.5, 0.6) is 0 Å². The molecule has 0 aliphatic heterocycles. The smallest absolute Gasteiger partial charge is 0.229 e. The number of rotatable bonds is 6. The van der Waals surface area contributed by atoms with Crippen LogP contribution in [-0.2, 0) is 6.42 Å². The molecule has 0 unspecified atom stereocenters. The minimum absolute atomic E-state index is 0.453. The van der Waals surface area contributed by atoms with Crippen LogP contribution in [0.15, 0.2) is 67.0 Å². The van der Waals surface area contributed by atoms with Gasteiger partial charge in [0.05, 0.1) is 18.1 Å². The van der Waals surface area contributed by atoms with Gasteiger partial charge in [-0.1, -0.05) is 42.8 Å². The molecule has 2 aliphatic carbocycles. The summed E-state index contributed by atoms with van der Waals surface area (Å²) in [6, 6.07) is 9.33. The average molecular weight is 436 g/mol. The SMILES string of the molecule is CCc1ccc(-c2cn(C3CCC(C4=C[CH]4)CC3)c3nc(Nc4cncnc4)ncc23)cc1. The molecule has 165 valence electrons. The molecule has 3 heterocycles. The topological polar surface area (TPSA) is 68.5 Å². The third kappa shape index (κ3) is 4.01. The summed E-state index contributed by atoms with van der Waals surface area (Å²) in [7, 11) is 0. The zero-order valence-electron chi connectivity index (χ0n) is 18.8. The lowest BCUT2D eigenvalue weighted by atomic mass is 9.84. The first-order chi connectivity index (χ1) is 16.3. The van der Waals surface area contributed by atoms with E-state index in [1.165, 1.54) is 48.7 Å². The van der Waals surface area contributed by atoms with Gasteiger partial charge in [0.15, 0.2) is 0 Å². The van der Waals surface area contributed by atoms with Crippen molar-refractivity contribution < 1.29 is 0 Å². The molecule has 0 spiro atoms. The number of nitrogens with zero attached hydrogens (tertiary/aromatic N) is 5. The average Bonchev–Trinajstić information content (AvgIpc) is 3.66. The van der Waals surface area contributed by atoms with Crippen molar-refractivity contribution in [1.82, 2.24) is 24.5 Å². The van der Waals surface area contributed by atoms with Crippen LogP contribution >= 0.6 is 0 Å². The molecule has 1 radical (unpaired) electrons. The fourth-order valence-electron chi connectivity index (χ4n) is 5.02. The van der Waals surface area contributed by atoms with E-state index in [4.69, 9.17) is 4.98 Å². The summed E-state index contributed by atoms with van der Waals surface area (Å²) in [6.45, 7) is 2.19. The Morgan fingerprint density at radius 2 is 1.76 bits per heavy atom. The van der Waals surface area contributed by atoms with Crippen LogP contribution in [-0.4, -0.2) is 24.5 Å². The minimum atomic E-state index is 0.453. The Morgan fingerprint density at radius 1 is 1.00 bits per heavy atom. The number of hydrogen-bond acceptors (Lipinski definition) is 5. The molecule has 2 aliphatic rings. The Balaban J connectivity index is 1.39. The number of benzene rings is 1. The van der Waals surface area contributed by atoms with Crippen molar-refractivity contribution in [3.63, 3.8) is 0 Å². The Bertz CT molecular complexity index is 1300. The van der Waals surface area contributed by atoms with E-state index in [9.17, 15) is 0 Å². The molecular formula is C27H27N6. The predicted molar refractivity (Wildman–Crippen MR) is 131 cm³/mol. The van der Waals surface area contributed by atoms with E-state index in [1.807, 2.05) is 6.20 Å². The molecule has 1 N–H and O–H groups in total. The molecule has 1 fully saturated rings. The Labute approximate surface area is 193 Å². The molecule has 1 saturated carbocycles. The highest BCUT2D eigenvalue weighted by molar-refractivity contribution is 5.94. The van der Waals surface area contributed by atoms with Crippen molar-refractivity contribution in [3.8, 4) is 11.1 Å². The maximum Gasteiger partial charge on any atom is 0.229 e. The van der Waals surface area contributed by atoms with E-state index in [0.717, 1.165) is 29.1 Å². The largest absolute Gasteiger partial charge is 0.329 e. The molecule has 33 heavy (non-hydrogen) atoms. The first-order valence-corrected chi connectivity index (χ1v) is 11.8. The summed E-state index contributed by atoms with van der Waals surface area (Å²) in [5.74, 6) is 1.31. The quantitative estimate of drug-likeness (QED) is 0.398. The molecule has 3 aromatic heterocycles. The van der Waals surface area contributed by atoms with Crippen LogP contribution < -0.4 is 5.32 Å². The molecule has 0 bridgehead atoms. The van der Waals surface area contributed by atoms with Gasteiger partial charge >= 0.3 is 0 Å². The molecular weight excluding hydrogens is 408 g/mol. The van der Waals surface area contributed by atoms with Gasteiger partial charge in [0, 0.05) is 35.8 Å². The van der Waals surface area contributed by atoms with Gasteiger partial charge in [-0.3, -0.25) is 0 Å². The number of aryl methyl sites for hydroxylation is 1. The van der Waals surface area contributed by atoms with E-state index < -0.39 is 0 Å². The summed E-state index contributed by atoms with van der Waals surface area (Å²) < 4.78 is 2.40.